The summed E-state index contributed by atoms with van der Waals surface area (Å²) in [5, 5.41) is 17.9. The topological polar surface area (TPSA) is 63.0 Å². The van der Waals surface area contributed by atoms with Crippen LogP contribution >= 0.6 is 0 Å². The van der Waals surface area contributed by atoms with Crippen molar-refractivity contribution in [1.82, 2.24) is 20.1 Å². The van der Waals surface area contributed by atoms with Gasteiger partial charge in [-0.25, -0.2) is 4.98 Å². The first-order chi connectivity index (χ1) is 8.07. The molecular weight excluding hydrogens is 216 g/mol. The van der Waals surface area contributed by atoms with Crippen LogP contribution in [-0.2, 0) is 13.5 Å². The first kappa shape index (κ1) is 12.5. The smallest absolute Gasteiger partial charge is 0.138 e. The van der Waals surface area contributed by atoms with Crippen LogP contribution in [0.15, 0.2) is 6.33 Å². The van der Waals surface area contributed by atoms with Crippen molar-refractivity contribution in [3.8, 4) is 0 Å². The molecule has 0 spiro atoms. The van der Waals surface area contributed by atoms with Crippen LogP contribution in [0, 0.1) is 0 Å². The molecule has 2 heterocycles. The normalized spacial score (nSPS) is 24.5. The number of aliphatic hydroxyl groups is 1. The molecule has 0 aromatic carbocycles. The predicted molar refractivity (Wildman–Crippen MR) is 65.6 cm³/mol. The third-order valence-corrected chi connectivity index (χ3v) is 3.44. The van der Waals surface area contributed by atoms with Gasteiger partial charge in [0.25, 0.3) is 0 Å². The number of aryl methyl sites for hydroxylation is 1. The molecule has 1 saturated heterocycles. The second-order valence-electron chi connectivity index (χ2n) is 5.32. The van der Waals surface area contributed by atoms with E-state index >= 15 is 0 Å². The number of rotatable bonds is 4. The largest absolute Gasteiger partial charge is 0.390 e. The number of nitrogens with one attached hydrogen (secondary N) is 1. The number of aromatic nitrogens is 3. The van der Waals surface area contributed by atoms with Gasteiger partial charge in [-0.15, -0.1) is 0 Å². The number of nitrogens with zero attached hydrogens (tertiary/aromatic N) is 3. The molecule has 5 heteroatoms. The maximum absolute atomic E-state index is 10.4. The number of piperidine rings is 1. The molecule has 2 N–H and O–H groups in total. The van der Waals surface area contributed by atoms with Gasteiger partial charge < -0.3 is 10.4 Å². The van der Waals surface area contributed by atoms with Gasteiger partial charge in [0, 0.05) is 19.5 Å². The van der Waals surface area contributed by atoms with Gasteiger partial charge in [-0.2, -0.15) is 5.10 Å². The molecule has 17 heavy (non-hydrogen) atoms. The van der Waals surface area contributed by atoms with Crippen molar-refractivity contribution >= 4 is 0 Å². The minimum absolute atomic E-state index is 0.437. The van der Waals surface area contributed by atoms with Gasteiger partial charge in [0.15, 0.2) is 0 Å². The van der Waals surface area contributed by atoms with Crippen LogP contribution in [0.2, 0.25) is 0 Å². The zero-order valence-electron chi connectivity index (χ0n) is 10.7. The fraction of sp³-hybridized carbons (Fsp3) is 0.833. The second kappa shape index (κ2) is 5.14. The van der Waals surface area contributed by atoms with Crippen molar-refractivity contribution in [2.45, 2.75) is 50.7 Å². The Labute approximate surface area is 102 Å². The van der Waals surface area contributed by atoms with Gasteiger partial charge in [-0.3, -0.25) is 4.68 Å². The second-order valence-corrected chi connectivity index (χ2v) is 5.32. The van der Waals surface area contributed by atoms with E-state index < -0.39 is 5.60 Å². The number of hydrogen-bond acceptors (Lipinski definition) is 4. The Morgan fingerprint density at radius 1 is 1.59 bits per heavy atom. The van der Waals surface area contributed by atoms with Crippen molar-refractivity contribution in [2.75, 3.05) is 6.54 Å². The van der Waals surface area contributed by atoms with Crippen molar-refractivity contribution < 1.29 is 5.11 Å². The standard InChI is InChI=1S/C12H22N4O/c1-12(17,7-10-5-3-4-6-13-10)8-11-14-9-15-16(11)2/h9-10,13,17H,3-8H2,1-2H3. The minimum atomic E-state index is -0.712. The molecule has 1 aromatic rings. The molecule has 0 amide bonds. The first-order valence-electron chi connectivity index (χ1n) is 6.35. The average molecular weight is 238 g/mol. The fourth-order valence-electron chi connectivity index (χ4n) is 2.52. The van der Waals surface area contributed by atoms with Gasteiger partial charge >= 0.3 is 0 Å². The van der Waals surface area contributed by atoms with Crippen LogP contribution < -0.4 is 5.32 Å². The number of hydrogen-bond donors (Lipinski definition) is 2. The van der Waals surface area contributed by atoms with E-state index in [1.165, 1.54) is 19.2 Å². The third kappa shape index (κ3) is 3.51. The van der Waals surface area contributed by atoms with Crippen LogP contribution in [0.3, 0.4) is 0 Å². The lowest BCUT2D eigenvalue weighted by atomic mass is 9.89. The summed E-state index contributed by atoms with van der Waals surface area (Å²) in [6.07, 6.45) is 6.54. The van der Waals surface area contributed by atoms with E-state index in [9.17, 15) is 5.11 Å². The first-order valence-corrected chi connectivity index (χ1v) is 6.35. The summed E-state index contributed by atoms with van der Waals surface area (Å²) in [5.74, 6) is 0.839. The van der Waals surface area contributed by atoms with Crippen LogP contribution in [0.25, 0.3) is 0 Å². The zero-order chi connectivity index (χ0) is 12.3. The third-order valence-electron chi connectivity index (χ3n) is 3.44. The van der Waals surface area contributed by atoms with Crippen molar-refractivity contribution in [1.29, 1.82) is 0 Å². The monoisotopic (exact) mass is 238 g/mol. The van der Waals surface area contributed by atoms with Crippen molar-refractivity contribution in [3.05, 3.63) is 12.2 Å². The highest BCUT2D eigenvalue weighted by atomic mass is 16.3. The van der Waals surface area contributed by atoms with Gasteiger partial charge in [0.05, 0.1) is 5.60 Å². The summed E-state index contributed by atoms with van der Waals surface area (Å²) in [4.78, 5) is 4.17. The Hall–Kier alpha value is -0.940. The summed E-state index contributed by atoms with van der Waals surface area (Å²) in [5.41, 5.74) is -0.712. The molecule has 1 aliphatic heterocycles. The highest BCUT2D eigenvalue weighted by Crippen LogP contribution is 2.21. The van der Waals surface area contributed by atoms with E-state index in [0.717, 1.165) is 25.2 Å². The molecule has 0 radical (unpaired) electrons. The lowest BCUT2D eigenvalue weighted by molar-refractivity contribution is 0.0345. The van der Waals surface area contributed by atoms with E-state index in [0.29, 0.717) is 12.5 Å². The maximum Gasteiger partial charge on any atom is 0.138 e. The van der Waals surface area contributed by atoms with E-state index in [1.807, 2.05) is 14.0 Å². The van der Waals surface area contributed by atoms with Gasteiger partial charge in [0.1, 0.15) is 12.2 Å². The summed E-state index contributed by atoms with van der Waals surface area (Å²) < 4.78 is 1.72. The van der Waals surface area contributed by atoms with E-state index in [2.05, 4.69) is 15.4 Å². The average Bonchev–Trinajstić information content (AvgIpc) is 2.64. The van der Waals surface area contributed by atoms with E-state index in [-0.39, 0.29) is 0 Å². The highest BCUT2D eigenvalue weighted by molar-refractivity contribution is 4.94. The molecule has 0 saturated carbocycles. The molecule has 2 unspecified atom stereocenters. The molecule has 1 fully saturated rings. The summed E-state index contributed by atoms with van der Waals surface area (Å²) >= 11 is 0. The molecule has 5 nitrogen and oxygen atoms in total. The highest BCUT2D eigenvalue weighted by Gasteiger charge is 2.28. The van der Waals surface area contributed by atoms with Crippen LogP contribution in [0.1, 0.15) is 38.4 Å². The van der Waals surface area contributed by atoms with Crippen molar-refractivity contribution in [3.63, 3.8) is 0 Å². The molecule has 0 bridgehead atoms. The van der Waals surface area contributed by atoms with Crippen LogP contribution in [0.5, 0.6) is 0 Å². The summed E-state index contributed by atoms with van der Waals surface area (Å²) in [7, 11) is 1.86. The Balaban J connectivity index is 1.91. The van der Waals surface area contributed by atoms with Crippen LogP contribution in [-0.4, -0.2) is 38.1 Å². The molecule has 2 atom stereocenters. The fourth-order valence-corrected chi connectivity index (χ4v) is 2.52. The van der Waals surface area contributed by atoms with Gasteiger partial charge in [0.2, 0.25) is 0 Å². The molecule has 96 valence electrons. The Morgan fingerprint density at radius 2 is 2.41 bits per heavy atom. The Kier molecular flexibility index (Phi) is 3.79. The Bertz CT molecular complexity index is 355. The lowest BCUT2D eigenvalue weighted by Gasteiger charge is -2.31. The van der Waals surface area contributed by atoms with Crippen LogP contribution in [0.4, 0.5) is 0 Å². The molecule has 1 aliphatic rings. The summed E-state index contributed by atoms with van der Waals surface area (Å²) in [6.45, 7) is 2.96. The summed E-state index contributed by atoms with van der Waals surface area (Å²) in [6, 6.07) is 0.437. The zero-order valence-corrected chi connectivity index (χ0v) is 10.7. The quantitative estimate of drug-likeness (QED) is 0.808. The Morgan fingerprint density at radius 3 is 3.00 bits per heavy atom. The SMILES string of the molecule is Cn1ncnc1CC(C)(O)CC1CCCCN1. The molecule has 0 aliphatic carbocycles. The molecule has 2 rings (SSSR count). The maximum atomic E-state index is 10.4. The van der Waals surface area contributed by atoms with E-state index in [1.54, 1.807) is 4.68 Å². The molecule has 1 aromatic heterocycles. The lowest BCUT2D eigenvalue weighted by Crippen LogP contribution is -2.42. The van der Waals surface area contributed by atoms with E-state index in [4.69, 9.17) is 0 Å². The van der Waals surface area contributed by atoms with Crippen molar-refractivity contribution in [2.24, 2.45) is 7.05 Å². The van der Waals surface area contributed by atoms with Gasteiger partial charge in [-0.05, 0) is 32.7 Å². The van der Waals surface area contributed by atoms with Gasteiger partial charge in [-0.1, -0.05) is 6.42 Å². The minimum Gasteiger partial charge on any atom is -0.390 e. The molecular formula is C12H22N4O. The predicted octanol–water partition coefficient (Wildman–Crippen LogP) is 0.641.